The van der Waals surface area contributed by atoms with Gasteiger partial charge in [0, 0.05) is 18.3 Å². The molecule has 0 bridgehead atoms. The molecule has 86 valence electrons. The Balaban J connectivity index is 2.25. The normalized spacial score (nSPS) is 12.9. The number of hydrogen-bond acceptors (Lipinski definition) is 5. The van der Waals surface area contributed by atoms with Gasteiger partial charge < -0.3 is 10.4 Å². The average molecular weight is 221 g/mol. The second-order valence-electron chi connectivity index (χ2n) is 3.70. The molecule has 0 fully saturated rings. The first kappa shape index (κ1) is 10.8. The van der Waals surface area contributed by atoms with Gasteiger partial charge in [-0.1, -0.05) is 6.92 Å². The lowest BCUT2D eigenvalue weighted by atomic mass is 10.3. The number of hydrogen-bond donors (Lipinski definition) is 2. The summed E-state index contributed by atoms with van der Waals surface area (Å²) in [7, 11) is 0. The van der Waals surface area contributed by atoms with E-state index in [4.69, 9.17) is 0 Å². The van der Waals surface area contributed by atoms with E-state index >= 15 is 0 Å². The molecule has 0 aromatic carbocycles. The molecule has 0 radical (unpaired) electrons. The molecule has 2 heterocycles. The Morgan fingerprint density at radius 3 is 3.12 bits per heavy atom. The number of rotatable bonds is 4. The van der Waals surface area contributed by atoms with Crippen LogP contribution in [0.25, 0.3) is 5.78 Å². The number of aliphatic hydroxyl groups is 1. The van der Waals surface area contributed by atoms with E-state index < -0.39 is 0 Å². The molecule has 6 heteroatoms. The van der Waals surface area contributed by atoms with E-state index in [0.29, 0.717) is 12.3 Å². The van der Waals surface area contributed by atoms with Gasteiger partial charge in [-0.25, -0.2) is 4.98 Å². The van der Waals surface area contributed by atoms with Crippen molar-refractivity contribution in [2.45, 2.75) is 26.4 Å². The Hall–Kier alpha value is -1.69. The first-order valence-electron chi connectivity index (χ1n) is 5.30. The Labute approximate surface area is 93.3 Å². The summed E-state index contributed by atoms with van der Waals surface area (Å²) < 4.78 is 1.62. The van der Waals surface area contributed by atoms with Crippen LogP contribution in [0, 0.1) is 6.92 Å². The van der Waals surface area contributed by atoms with Crippen molar-refractivity contribution < 1.29 is 5.11 Å². The van der Waals surface area contributed by atoms with Crippen LogP contribution < -0.4 is 5.32 Å². The number of aromatic nitrogens is 4. The fourth-order valence-electron chi connectivity index (χ4n) is 1.42. The second kappa shape index (κ2) is 4.44. The van der Waals surface area contributed by atoms with Crippen molar-refractivity contribution in [3.05, 3.63) is 18.1 Å². The smallest absolute Gasteiger partial charge is 0.254 e. The third-order valence-corrected chi connectivity index (χ3v) is 2.37. The van der Waals surface area contributed by atoms with Gasteiger partial charge in [0.2, 0.25) is 0 Å². The predicted molar refractivity (Wildman–Crippen MR) is 60.3 cm³/mol. The Bertz CT molecular complexity index is 481. The Morgan fingerprint density at radius 1 is 1.56 bits per heavy atom. The zero-order valence-corrected chi connectivity index (χ0v) is 9.38. The summed E-state index contributed by atoms with van der Waals surface area (Å²) in [4.78, 5) is 8.26. The molecule has 16 heavy (non-hydrogen) atoms. The lowest BCUT2D eigenvalue weighted by Gasteiger charge is -2.11. The van der Waals surface area contributed by atoms with Gasteiger partial charge in [-0.15, -0.1) is 0 Å². The SMILES string of the molecule is CCC(O)CNc1cc(C)nc2ncnn12. The van der Waals surface area contributed by atoms with Crippen molar-refractivity contribution in [2.75, 3.05) is 11.9 Å². The fraction of sp³-hybridized carbons (Fsp3) is 0.500. The summed E-state index contributed by atoms with van der Waals surface area (Å²) in [6.45, 7) is 4.33. The maximum absolute atomic E-state index is 9.49. The van der Waals surface area contributed by atoms with Crippen LogP contribution in [-0.2, 0) is 0 Å². The molecule has 0 aliphatic heterocycles. The minimum atomic E-state index is -0.355. The summed E-state index contributed by atoms with van der Waals surface area (Å²) >= 11 is 0. The highest BCUT2D eigenvalue weighted by atomic mass is 16.3. The molecule has 0 aliphatic carbocycles. The molecular formula is C10H15N5O. The predicted octanol–water partition coefficient (Wildman–Crippen LogP) is 0.616. The van der Waals surface area contributed by atoms with Crippen LogP contribution in [0.1, 0.15) is 19.0 Å². The molecule has 2 N–H and O–H groups in total. The van der Waals surface area contributed by atoms with Crippen LogP contribution in [0.2, 0.25) is 0 Å². The van der Waals surface area contributed by atoms with Gasteiger partial charge in [0.1, 0.15) is 12.1 Å². The van der Waals surface area contributed by atoms with Crippen LogP contribution in [0.15, 0.2) is 12.4 Å². The maximum atomic E-state index is 9.49. The average Bonchev–Trinajstić information content (AvgIpc) is 2.73. The number of anilines is 1. The van der Waals surface area contributed by atoms with Gasteiger partial charge in [-0.3, -0.25) is 0 Å². The highest BCUT2D eigenvalue weighted by Crippen LogP contribution is 2.10. The molecule has 0 spiro atoms. The van der Waals surface area contributed by atoms with E-state index in [1.807, 2.05) is 19.9 Å². The summed E-state index contributed by atoms with van der Waals surface area (Å²) in [5, 5.41) is 16.7. The number of aryl methyl sites for hydroxylation is 1. The molecule has 2 aromatic heterocycles. The highest BCUT2D eigenvalue weighted by Gasteiger charge is 2.06. The van der Waals surface area contributed by atoms with E-state index in [9.17, 15) is 5.11 Å². The van der Waals surface area contributed by atoms with Gasteiger partial charge in [-0.2, -0.15) is 14.6 Å². The molecule has 1 atom stereocenters. The van der Waals surface area contributed by atoms with E-state index in [1.54, 1.807) is 4.52 Å². The Morgan fingerprint density at radius 2 is 2.38 bits per heavy atom. The zero-order valence-electron chi connectivity index (χ0n) is 9.38. The van der Waals surface area contributed by atoms with Crippen LogP contribution in [0.3, 0.4) is 0 Å². The summed E-state index contributed by atoms with van der Waals surface area (Å²) in [5.74, 6) is 1.36. The molecule has 0 saturated heterocycles. The van der Waals surface area contributed by atoms with Gasteiger partial charge in [-0.05, 0) is 13.3 Å². The summed E-state index contributed by atoms with van der Waals surface area (Å²) in [6.07, 6.45) is 1.83. The number of nitrogens with zero attached hydrogens (tertiary/aromatic N) is 4. The maximum Gasteiger partial charge on any atom is 0.254 e. The van der Waals surface area contributed by atoms with Crippen molar-refractivity contribution >= 4 is 11.6 Å². The number of nitrogens with one attached hydrogen (secondary N) is 1. The molecular weight excluding hydrogens is 206 g/mol. The van der Waals surface area contributed by atoms with Crippen molar-refractivity contribution in [3.8, 4) is 0 Å². The monoisotopic (exact) mass is 221 g/mol. The molecule has 0 saturated carbocycles. The van der Waals surface area contributed by atoms with Crippen LogP contribution in [0.5, 0.6) is 0 Å². The molecule has 0 aliphatic rings. The second-order valence-corrected chi connectivity index (χ2v) is 3.70. The number of fused-ring (bicyclic) bond motifs is 1. The molecule has 0 amide bonds. The minimum absolute atomic E-state index is 0.355. The highest BCUT2D eigenvalue weighted by molar-refractivity contribution is 5.44. The van der Waals surface area contributed by atoms with Crippen molar-refractivity contribution in [1.29, 1.82) is 0 Å². The van der Waals surface area contributed by atoms with Gasteiger partial charge in [0.25, 0.3) is 5.78 Å². The largest absolute Gasteiger partial charge is 0.391 e. The standard InChI is InChI=1S/C10H15N5O/c1-3-8(16)5-11-9-4-7(2)14-10-12-6-13-15(9)10/h4,6,8,11,16H,3,5H2,1-2H3. The molecule has 1 unspecified atom stereocenters. The lowest BCUT2D eigenvalue weighted by molar-refractivity contribution is 0.183. The third-order valence-electron chi connectivity index (χ3n) is 2.37. The topological polar surface area (TPSA) is 75.3 Å². The van der Waals surface area contributed by atoms with E-state index in [2.05, 4.69) is 20.4 Å². The molecule has 2 aromatic rings. The quantitative estimate of drug-likeness (QED) is 0.791. The molecule has 6 nitrogen and oxygen atoms in total. The zero-order chi connectivity index (χ0) is 11.5. The third kappa shape index (κ3) is 2.11. The lowest BCUT2D eigenvalue weighted by Crippen LogP contribution is -2.20. The van der Waals surface area contributed by atoms with Crippen molar-refractivity contribution in [1.82, 2.24) is 19.6 Å². The fourth-order valence-corrected chi connectivity index (χ4v) is 1.42. The van der Waals surface area contributed by atoms with E-state index in [-0.39, 0.29) is 6.10 Å². The van der Waals surface area contributed by atoms with E-state index in [1.165, 1.54) is 6.33 Å². The van der Waals surface area contributed by atoms with Crippen molar-refractivity contribution in [3.63, 3.8) is 0 Å². The van der Waals surface area contributed by atoms with Crippen LogP contribution in [-0.4, -0.2) is 37.3 Å². The first-order chi connectivity index (χ1) is 7.70. The van der Waals surface area contributed by atoms with Crippen LogP contribution >= 0.6 is 0 Å². The van der Waals surface area contributed by atoms with Gasteiger partial charge >= 0.3 is 0 Å². The summed E-state index contributed by atoms with van der Waals surface area (Å²) in [6, 6.07) is 1.88. The summed E-state index contributed by atoms with van der Waals surface area (Å²) in [5.41, 5.74) is 0.869. The van der Waals surface area contributed by atoms with Gasteiger partial charge in [0.15, 0.2) is 0 Å². The van der Waals surface area contributed by atoms with Crippen molar-refractivity contribution in [2.24, 2.45) is 0 Å². The van der Waals surface area contributed by atoms with Gasteiger partial charge in [0.05, 0.1) is 6.10 Å². The molecule has 2 rings (SSSR count). The Kier molecular flexibility index (Phi) is 3.00. The minimum Gasteiger partial charge on any atom is -0.391 e. The number of aliphatic hydroxyl groups excluding tert-OH is 1. The van der Waals surface area contributed by atoms with E-state index in [0.717, 1.165) is 17.9 Å². The first-order valence-corrected chi connectivity index (χ1v) is 5.30. The van der Waals surface area contributed by atoms with Crippen LogP contribution in [0.4, 0.5) is 5.82 Å².